The predicted octanol–water partition coefficient (Wildman–Crippen LogP) is 3.11. The van der Waals surface area contributed by atoms with Gasteiger partial charge in [-0.05, 0) is 50.7 Å². The lowest BCUT2D eigenvalue weighted by Crippen LogP contribution is -2.37. The topological polar surface area (TPSA) is 76.5 Å². The zero-order valence-electron chi connectivity index (χ0n) is 16.2. The summed E-state index contributed by atoms with van der Waals surface area (Å²) in [6.07, 6.45) is 5.99. The maximum absolute atomic E-state index is 13.0. The van der Waals surface area contributed by atoms with Crippen molar-refractivity contribution in [2.24, 2.45) is 0 Å². The minimum atomic E-state index is -0.281. The number of hydrogen-bond acceptors (Lipinski definition) is 4. The molecule has 28 heavy (non-hydrogen) atoms. The molecular weight excluding hydrogens is 356 g/mol. The average molecular weight is 382 g/mol. The normalized spacial score (nSPS) is 16.4. The van der Waals surface area contributed by atoms with Crippen molar-refractivity contribution >= 4 is 17.5 Å². The van der Waals surface area contributed by atoms with Crippen molar-refractivity contribution in [3.63, 3.8) is 0 Å². The average Bonchev–Trinajstić information content (AvgIpc) is 3.14. The van der Waals surface area contributed by atoms with E-state index in [9.17, 15) is 9.59 Å². The first-order valence-electron chi connectivity index (χ1n) is 10.0. The number of anilines is 1. The molecule has 0 atom stereocenters. The first-order valence-corrected chi connectivity index (χ1v) is 10.0. The number of nitrogens with zero attached hydrogens (tertiary/aromatic N) is 3. The predicted molar refractivity (Wildman–Crippen MR) is 106 cm³/mol. The van der Waals surface area contributed by atoms with Crippen molar-refractivity contribution < 1.29 is 14.3 Å². The van der Waals surface area contributed by atoms with Gasteiger partial charge in [-0.15, -0.1) is 0 Å². The van der Waals surface area contributed by atoms with Crippen LogP contribution in [0.1, 0.15) is 58.9 Å². The summed E-state index contributed by atoms with van der Waals surface area (Å²) in [7, 11) is 1.59. The molecule has 7 heteroatoms. The number of piperidine rings is 1. The third kappa shape index (κ3) is 3.61. The van der Waals surface area contributed by atoms with Gasteiger partial charge >= 0.3 is 0 Å². The van der Waals surface area contributed by atoms with Crippen molar-refractivity contribution in [2.45, 2.75) is 45.1 Å². The molecule has 3 heterocycles. The smallest absolute Gasteiger partial charge is 0.289 e. The summed E-state index contributed by atoms with van der Waals surface area (Å²) in [6.45, 7) is 2.28. The lowest BCUT2D eigenvalue weighted by atomic mass is 10.1. The summed E-state index contributed by atoms with van der Waals surface area (Å²) in [5.41, 5.74) is 1.88. The molecule has 0 aliphatic carbocycles. The number of carbonyl (C=O) groups excluding carboxylic acids is 2. The Labute approximate surface area is 164 Å². The molecule has 0 saturated carbocycles. The Balaban J connectivity index is 1.62. The first kappa shape index (κ1) is 18.5. The molecule has 0 unspecified atom stereocenters. The number of aromatic nitrogens is 2. The van der Waals surface area contributed by atoms with Gasteiger partial charge in [-0.2, -0.15) is 0 Å². The van der Waals surface area contributed by atoms with Gasteiger partial charge in [0.15, 0.2) is 11.5 Å². The summed E-state index contributed by atoms with van der Waals surface area (Å²) in [5, 5.41) is 2.90. The quantitative estimate of drug-likeness (QED) is 0.882. The zero-order valence-corrected chi connectivity index (χ0v) is 16.2. The number of imidazole rings is 1. The number of carbonyl (C=O) groups is 2. The minimum Gasteiger partial charge on any atom is -0.497 e. The number of hydrogen-bond donors (Lipinski definition) is 1. The standard InChI is InChI=1S/C21H26N4O3/c1-28-16-9-7-8-15(14-16)22-20(26)18-17-10-3-6-13-25(17)19(23-18)21(27)24-11-4-2-5-12-24/h7-9,14H,2-6,10-13H2,1H3,(H,22,26). The molecule has 2 amide bonds. The van der Waals surface area contributed by atoms with E-state index in [2.05, 4.69) is 10.3 Å². The van der Waals surface area contributed by atoms with E-state index in [1.165, 1.54) is 0 Å². The van der Waals surface area contributed by atoms with Gasteiger partial charge < -0.3 is 19.5 Å². The van der Waals surface area contributed by atoms with Gasteiger partial charge in [0.25, 0.3) is 11.8 Å². The summed E-state index contributed by atoms with van der Waals surface area (Å²) < 4.78 is 7.17. The molecule has 2 aliphatic rings. The maximum Gasteiger partial charge on any atom is 0.289 e. The Morgan fingerprint density at radius 2 is 1.86 bits per heavy atom. The van der Waals surface area contributed by atoms with Gasteiger partial charge in [0.1, 0.15) is 5.75 Å². The van der Waals surface area contributed by atoms with Crippen LogP contribution in [0.2, 0.25) is 0 Å². The number of likely N-dealkylation sites (tertiary alicyclic amines) is 1. The Kier molecular flexibility index (Phi) is 5.32. The highest BCUT2D eigenvalue weighted by atomic mass is 16.5. The van der Waals surface area contributed by atoms with E-state index in [0.29, 0.717) is 23.0 Å². The summed E-state index contributed by atoms with van der Waals surface area (Å²) in [6, 6.07) is 7.22. The van der Waals surface area contributed by atoms with Crippen molar-refractivity contribution in [1.82, 2.24) is 14.5 Å². The Morgan fingerprint density at radius 1 is 1.07 bits per heavy atom. The molecule has 1 fully saturated rings. The fourth-order valence-corrected chi connectivity index (χ4v) is 4.02. The van der Waals surface area contributed by atoms with Crippen LogP contribution in [0.3, 0.4) is 0 Å². The number of rotatable bonds is 4. The van der Waals surface area contributed by atoms with Crippen molar-refractivity contribution in [2.75, 3.05) is 25.5 Å². The van der Waals surface area contributed by atoms with Gasteiger partial charge in [0, 0.05) is 31.4 Å². The Hall–Kier alpha value is -2.83. The van der Waals surface area contributed by atoms with Crippen molar-refractivity contribution in [3.8, 4) is 5.75 Å². The SMILES string of the molecule is COc1cccc(NC(=O)c2nc(C(=O)N3CCCCC3)n3c2CCCC3)c1. The van der Waals surface area contributed by atoms with E-state index in [1.807, 2.05) is 27.7 Å². The van der Waals surface area contributed by atoms with Crippen LogP contribution in [0.15, 0.2) is 24.3 Å². The van der Waals surface area contributed by atoms with Crippen molar-refractivity contribution in [1.29, 1.82) is 0 Å². The fraction of sp³-hybridized carbons (Fsp3) is 0.476. The minimum absolute atomic E-state index is 0.0525. The van der Waals surface area contributed by atoms with Crippen LogP contribution >= 0.6 is 0 Å². The van der Waals surface area contributed by atoms with Crippen LogP contribution in [-0.4, -0.2) is 46.5 Å². The molecule has 1 saturated heterocycles. The first-order chi connectivity index (χ1) is 13.7. The molecular formula is C21H26N4O3. The lowest BCUT2D eigenvalue weighted by molar-refractivity contribution is 0.0705. The van der Waals surface area contributed by atoms with E-state index in [4.69, 9.17) is 4.74 Å². The number of methoxy groups -OCH3 is 1. The van der Waals surface area contributed by atoms with Crippen LogP contribution in [-0.2, 0) is 13.0 Å². The van der Waals surface area contributed by atoms with Crippen LogP contribution < -0.4 is 10.1 Å². The van der Waals surface area contributed by atoms with Gasteiger partial charge in [0.2, 0.25) is 0 Å². The molecule has 1 aromatic carbocycles. The molecule has 4 rings (SSSR count). The largest absolute Gasteiger partial charge is 0.497 e. The van der Waals surface area contributed by atoms with Crippen LogP contribution in [0.5, 0.6) is 5.75 Å². The van der Waals surface area contributed by atoms with Crippen molar-refractivity contribution in [3.05, 3.63) is 41.5 Å². The molecule has 148 valence electrons. The van der Waals surface area contributed by atoms with E-state index < -0.39 is 0 Å². The lowest BCUT2D eigenvalue weighted by Gasteiger charge is -2.27. The molecule has 2 aromatic rings. The van der Waals surface area contributed by atoms with Gasteiger partial charge in [0.05, 0.1) is 12.8 Å². The number of benzene rings is 1. The summed E-state index contributed by atoms with van der Waals surface area (Å²) >= 11 is 0. The van der Waals surface area contributed by atoms with E-state index in [1.54, 1.807) is 13.2 Å². The Bertz CT molecular complexity index is 884. The number of nitrogens with one attached hydrogen (secondary N) is 1. The molecule has 0 spiro atoms. The molecule has 1 aromatic heterocycles. The monoisotopic (exact) mass is 382 g/mol. The van der Waals surface area contributed by atoms with Crippen LogP contribution in [0.4, 0.5) is 5.69 Å². The van der Waals surface area contributed by atoms with Crippen LogP contribution in [0.25, 0.3) is 0 Å². The number of ether oxygens (including phenoxy) is 1. The second kappa shape index (κ2) is 8.04. The van der Waals surface area contributed by atoms with Gasteiger partial charge in [-0.25, -0.2) is 4.98 Å². The molecule has 0 bridgehead atoms. The highest BCUT2D eigenvalue weighted by Gasteiger charge is 2.30. The Morgan fingerprint density at radius 3 is 2.64 bits per heavy atom. The second-order valence-electron chi connectivity index (χ2n) is 7.38. The molecule has 1 N–H and O–H groups in total. The van der Waals surface area contributed by atoms with E-state index in [-0.39, 0.29) is 11.8 Å². The molecule has 0 radical (unpaired) electrons. The second-order valence-corrected chi connectivity index (χ2v) is 7.38. The van der Waals surface area contributed by atoms with E-state index in [0.717, 1.165) is 63.9 Å². The highest BCUT2D eigenvalue weighted by Crippen LogP contribution is 2.24. The zero-order chi connectivity index (χ0) is 19.5. The third-order valence-electron chi connectivity index (χ3n) is 5.50. The van der Waals surface area contributed by atoms with Gasteiger partial charge in [-0.3, -0.25) is 9.59 Å². The number of amides is 2. The maximum atomic E-state index is 13.0. The fourth-order valence-electron chi connectivity index (χ4n) is 4.02. The molecule has 7 nitrogen and oxygen atoms in total. The number of fused-ring (bicyclic) bond motifs is 1. The third-order valence-corrected chi connectivity index (χ3v) is 5.50. The van der Waals surface area contributed by atoms with Gasteiger partial charge in [-0.1, -0.05) is 6.07 Å². The van der Waals surface area contributed by atoms with Crippen LogP contribution in [0, 0.1) is 0 Å². The molecule has 2 aliphatic heterocycles. The summed E-state index contributed by atoms with van der Waals surface area (Å²) in [4.78, 5) is 32.4. The van der Waals surface area contributed by atoms with E-state index >= 15 is 0 Å². The summed E-state index contributed by atoms with van der Waals surface area (Å²) in [5.74, 6) is 0.748. The highest BCUT2D eigenvalue weighted by molar-refractivity contribution is 6.05.